The van der Waals surface area contributed by atoms with E-state index >= 15 is 0 Å². The van der Waals surface area contributed by atoms with Gasteiger partial charge in [0.05, 0.1) is 25.2 Å². The zero-order valence-corrected chi connectivity index (χ0v) is 17.6. The number of benzene rings is 1. The molecule has 0 radical (unpaired) electrons. The van der Waals surface area contributed by atoms with Gasteiger partial charge in [-0.05, 0) is 38.1 Å². The number of aromatic nitrogens is 3. The van der Waals surface area contributed by atoms with E-state index in [1.54, 1.807) is 45.2 Å². The molecule has 0 aliphatic heterocycles. The Bertz CT molecular complexity index is 1000. The number of thiazole rings is 1. The van der Waals surface area contributed by atoms with Gasteiger partial charge >= 0.3 is 5.97 Å². The van der Waals surface area contributed by atoms with Crippen molar-refractivity contribution >= 4 is 40.1 Å². The molecule has 3 aromatic rings. The summed E-state index contributed by atoms with van der Waals surface area (Å²) in [7, 11) is 1.59. The summed E-state index contributed by atoms with van der Waals surface area (Å²) in [5, 5.41) is 11.2. The zero-order chi connectivity index (χ0) is 20.8. The largest absolute Gasteiger partial charge is 0.497 e. The summed E-state index contributed by atoms with van der Waals surface area (Å²) < 4.78 is 15.6. The van der Waals surface area contributed by atoms with Crippen molar-refractivity contribution in [1.29, 1.82) is 0 Å². The van der Waals surface area contributed by atoms with Gasteiger partial charge in [-0.3, -0.25) is 4.79 Å². The molecule has 0 saturated carbocycles. The lowest BCUT2D eigenvalue weighted by atomic mass is 10.2. The number of hydrogen-bond acceptors (Lipinski definition) is 10. The van der Waals surface area contributed by atoms with E-state index in [1.807, 2.05) is 0 Å². The molecule has 1 amide bonds. The first-order chi connectivity index (χ1) is 14.0. The van der Waals surface area contributed by atoms with Gasteiger partial charge in [-0.2, -0.15) is 0 Å². The van der Waals surface area contributed by atoms with Crippen molar-refractivity contribution in [2.45, 2.75) is 19.1 Å². The van der Waals surface area contributed by atoms with Gasteiger partial charge in [-0.1, -0.05) is 23.1 Å². The van der Waals surface area contributed by atoms with Crippen LogP contribution in [-0.2, 0) is 9.53 Å². The number of aryl methyl sites for hydroxylation is 1. The minimum atomic E-state index is -0.450. The number of nitrogens with zero attached hydrogens (tertiary/aromatic N) is 3. The van der Waals surface area contributed by atoms with Gasteiger partial charge in [0.25, 0.3) is 5.22 Å². The molecule has 3 rings (SSSR count). The van der Waals surface area contributed by atoms with Gasteiger partial charge < -0.3 is 19.2 Å². The van der Waals surface area contributed by atoms with Crippen LogP contribution in [0, 0.1) is 6.92 Å². The highest BCUT2D eigenvalue weighted by molar-refractivity contribution is 7.99. The number of amides is 1. The average molecular weight is 434 g/mol. The van der Waals surface area contributed by atoms with Crippen LogP contribution in [0.5, 0.6) is 5.75 Å². The first-order valence-corrected chi connectivity index (χ1v) is 10.4. The summed E-state index contributed by atoms with van der Waals surface area (Å²) in [6.07, 6.45) is 0. The van der Waals surface area contributed by atoms with E-state index in [0.29, 0.717) is 21.6 Å². The van der Waals surface area contributed by atoms with Crippen LogP contribution in [0.25, 0.3) is 11.5 Å². The number of hydrogen-bond donors (Lipinski definition) is 1. The molecular weight excluding hydrogens is 416 g/mol. The third-order valence-electron chi connectivity index (χ3n) is 3.57. The van der Waals surface area contributed by atoms with Crippen LogP contribution in [0.15, 0.2) is 33.9 Å². The third-order valence-corrected chi connectivity index (χ3v) is 5.45. The average Bonchev–Trinajstić information content (AvgIpc) is 3.33. The minimum absolute atomic E-state index is 0.0532. The Morgan fingerprint density at radius 1 is 1.24 bits per heavy atom. The SMILES string of the molecule is CCOC(=O)c1sc(NC(=O)CSc2nnc(-c3ccc(OC)cc3)o2)nc1C. The number of ether oxygens (including phenoxy) is 2. The molecule has 0 bridgehead atoms. The first kappa shape index (κ1) is 20.8. The van der Waals surface area contributed by atoms with E-state index in [2.05, 4.69) is 20.5 Å². The Kier molecular flexibility index (Phi) is 6.83. The van der Waals surface area contributed by atoms with Gasteiger partial charge in [-0.25, -0.2) is 9.78 Å². The maximum absolute atomic E-state index is 12.2. The van der Waals surface area contributed by atoms with Crippen LogP contribution in [0.2, 0.25) is 0 Å². The summed E-state index contributed by atoms with van der Waals surface area (Å²) in [6.45, 7) is 3.69. The van der Waals surface area contributed by atoms with E-state index in [1.165, 1.54) is 0 Å². The Labute approximate surface area is 174 Å². The van der Waals surface area contributed by atoms with Crippen LogP contribution in [0.3, 0.4) is 0 Å². The summed E-state index contributed by atoms with van der Waals surface area (Å²) in [4.78, 5) is 28.5. The second kappa shape index (κ2) is 9.52. The fourth-order valence-electron chi connectivity index (χ4n) is 2.24. The predicted molar refractivity (Wildman–Crippen MR) is 108 cm³/mol. The molecule has 0 aliphatic carbocycles. The van der Waals surface area contributed by atoms with Crippen LogP contribution >= 0.6 is 23.1 Å². The van der Waals surface area contributed by atoms with Gasteiger partial charge in [0.1, 0.15) is 10.6 Å². The molecule has 0 fully saturated rings. The highest BCUT2D eigenvalue weighted by Gasteiger charge is 2.18. The Morgan fingerprint density at radius 2 is 2.00 bits per heavy atom. The monoisotopic (exact) mass is 434 g/mol. The van der Waals surface area contributed by atoms with Crippen LogP contribution in [0.1, 0.15) is 22.3 Å². The van der Waals surface area contributed by atoms with Gasteiger partial charge in [0.15, 0.2) is 5.13 Å². The van der Waals surface area contributed by atoms with Crippen molar-refractivity contribution in [3.05, 3.63) is 34.8 Å². The van der Waals surface area contributed by atoms with Gasteiger partial charge in [-0.15, -0.1) is 10.2 Å². The van der Waals surface area contributed by atoms with E-state index in [4.69, 9.17) is 13.9 Å². The number of carbonyl (C=O) groups excluding carboxylic acids is 2. The number of rotatable bonds is 8. The minimum Gasteiger partial charge on any atom is -0.497 e. The number of nitrogens with one attached hydrogen (secondary N) is 1. The van der Waals surface area contributed by atoms with Crippen molar-refractivity contribution in [2.24, 2.45) is 0 Å². The molecule has 29 heavy (non-hydrogen) atoms. The van der Waals surface area contributed by atoms with Gasteiger partial charge in [0.2, 0.25) is 11.8 Å². The second-order valence-electron chi connectivity index (χ2n) is 5.59. The van der Waals surface area contributed by atoms with E-state index in [9.17, 15) is 9.59 Å². The molecule has 0 aliphatic rings. The highest BCUT2D eigenvalue weighted by atomic mass is 32.2. The highest BCUT2D eigenvalue weighted by Crippen LogP contribution is 2.26. The smallest absolute Gasteiger partial charge is 0.350 e. The molecule has 9 nitrogen and oxygen atoms in total. The fourth-order valence-corrected chi connectivity index (χ4v) is 3.68. The normalized spacial score (nSPS) is 10.6. The van der Waals surface area contributed by atoms with Crippen molar-refractivity contribution in [2.75, 3.05) is 24.8 Å². The summed E-state index contributed by atoms with van der Waals surface area (Å²) in [5.74, 6) is 0.378. The standard InChI is InChI=1S/C18H18N4O5S2/c1-4-26-16(24)14-10(2)19-17(29-14)20-13(23)9-28-18-22-21-15(27-18)11-5-7-12(25-3)8-6-11/h5-8H,4,9H2,1-3H3,(H,19,20,23). The topological polar surface area (TPSA) is 116 Å². The van der Waals surface area contributed by atoms with Crippen molar-refractivity contribution in [3.63, 3.8) is 0 Å². The number of carbonyl (C=O) groups is 2. The molecule has 0 unspecified atom stereocenters. The van der Waals surface area contributed by atoms with Crippen LogP contribution in [0.4, 0.5) is 5.13 Å². The molecule has 152 valence electrons. The molecule has 0 atom stereocenters. The lowest BCUT2D eigenvalue weighted by Crippen LogP contribution is -2.13. The predicted octanol–water partition coefficient (Wildman–Crippen LogP) is 3.42. The molecule has 11 heteroatoms. The molecule has 2 heterocycles. The Balaban J connectivity index is 1.55. The number of anilines is 1. The molecule has 1 aromatic carbocycles. The number of thioether (sulfide) groups is 1. The van der Waals surface area contributed by atoms with Crippen LogP contribution in [-0.4, -0.2) is 46.5 Å². The van der Waals surface area contributed by atoms with E-state index < -0.39 is 5.97 Å². The van der Waals surface area contributed by atoms with E-state index in [-0.39, 0.29) is 23.5 Å². The lowest BCUT2D eigenvalue weighted by molar-refractivity contribution is -0.113. The maximum atomic E-state index is 12.2. The van der Waals surface area contributed by atoms with Crippen molar-refractivity contribution in [1.82, 2.24) is 15.2 Å². The molecule has 0 spiro atoms. The number of methoxy groups -OCH3 is 1. The zero-order valence-electron chi connectivity index (χ0n) is 15.9. The first-order valence-electron chi connectivity index (χ1n) is 8.55. The molecule has 0 saturated heterocycles. The van der Waals surface area contributed by atoms with Crippen LogP contribution < -0.4 is 10.1 Å². The summed E-state index contributed by atoms with van der Waals surface area (Å²) in [5.41, 5.74) is 1.26. The Morgan fingerprint density at radius 3 is 2.69 bits per heavy atom. The Hall–Kier alpha value is -2.92. The summed E-state index contributed by atoms with van der Waals surface area (Å²) >= 11 is 2.18. The maximum Gasteiger partial charge on any atom is 0.350 e. The van der Waals surface area contributed by atoms with Gasteiger partial charge in [0, 0.05) is 5.56 Å². The second-order valence-corrected chi connectivity index (χ2v) is 7.52. The van der Waals surface area contributed by atoms with Crippen molar-refractivity contribution < 1.29 is 23.5 Å². The molecular formula is C18H18N4O5S2. The third kappa shape index (κ3) is 5.33. The van der Waals surface area contributed by atoms with E-state index in [0.717, 1.165) is 34.4 Å². The summed E-state index contributed by atoms with van der Waals surface area (Å²) in [6, 6.07) is 7.19. The van der Waals surface area contributed by atoms with Crippen molar-refractivity contribution in [3.8, 4) is 17.2 Å². The molecule has 2 aromatic heterocycles. The lowest BCUT2D eigenvalue weighted by Gasteiger charge is -2.00. The quantitative estimate of drug-likeness (QED) is 0.420. The molecule has 1 N–H and O–H groups in total. The number of esters is 1. The fraction of sp³-hybridized carbons (Fsp3) is 0.278.